The number of piperidine rings is 1. The minimum absolute atomic E-state index is 0.233. The van der Waals surface area contributed by atoms with Crippen molar-refractivity contribution < 1.29 is 8.42 Å². The van der Waals surface area contributed by atoms with Gasteiger partial charge in [0.15, 0.2) is 0 Å². The topological polar surface area (TPSA) is 74.3 Å². The monoisotopic (exact) mass is 358 g/mol. The Hall–Kier alpha value is -1.96. The molecule has 2 aliphatic rings. The van der Waals surface area contributed by atoms with Crippen molar-refractivity contribution in [3.63, 3.8) is 0 Å². The normalized spacial score (nSPS) is 23.6. The smallest absolute Gasteiger partial charge is 0.244 e. The Morgan fingerprint density at radius 3 is 2.56 bits per heavy atom. The largest absolute Gasteiger partial charge is 0.368 e. The first-order chi connectivity index (χ1) is 12.1. The lowest BCUT2D eigenvalue weighted by Gasteiger charge is -2.38. The maximum atomic E-state index is 12.5. The van der Waals surface area contributed by atoms with E-state index in [2.05, 4.69) is 19.9 Å². The molecular formula is C18H22N4O2S. The van der Waals surface area contributed by atoms with Gasteiger partial charge in [0.05, 0.1) is 11.9 Å². The van der Waals surface area contributed by atoms with E-state index in [1.54, 1.807) is 12.1 Å². The molecule has 2 aliphatic heterocycles. The van der Waals surface area contributed by atoms with E-state index in [0.29, 0.717) is 10.6 Å². The number of benzene rings is 1. The molecule has 0 saturated carbocycles. The average molecular weight is 358 g/mol. The summed E-state index contributed by atoms with van der Waals surface area (Å²) in [6.45, 7) is 2.85. The number of anilines is 1. The minimum Gasteiger partial charge on any atom is -0.368 e. The lowest BCUT2D eigenvalue weighted by molar-refractivity contribution is 0.163. The first kappa shape index (κ1) is 16.5. The summed E-state index contributed by atoms with van der Waals surface area (Å²) in [4.78, 5) is 6.80. The molecule has 1 fully saturated rings. The molecule has 3 heterocycles. The molecule has 1 aromatic carbocycles. The summed E-state index contributed by atoms with van der Waals surface area (Å²) in [6, 6.07) is 11.2. The van der Waals surface area contributed by atoms with Crippen molar-refractivity contribution in [2.24, 2.45) is 5.92 Å². The fourth-order valence-corrected chi connectivity index (χ4v) is 5.04. The van der Waals surface area contributed by atoms with Gasteiger partial charge in [-0.15, -0.1) is 0 Å². The number of hydrogen-bond donors (Lipinski definition) is 2. The minimum atomic E-state index is -3.44. The fourth-order valence-electron chi connectivity index (χ4n) is 3.65. The molecule has 4 rings (SSSR count). The quantitative estimate of drug-likeness (QED) is 0.878. The van der Waals surface area contributed by atoms with Crippen LogP contribution in [0.3, 0.4) is 0 Å². The first-order valence-corrected chi connectivity index (χ1v) is 10.1. The van der Waals surface area contributed by atoms with Crippen molar-refractivity contribution in [3.05, 3.63) is 54.4 Å². The Morgan fingerprint density at radius 2 is 1.80 bits per heavy atom. The molecule has 0 bridgehead atoms. The highest BCUT2D eigenvalue weighted by molar-refractivity contribution is 7.89. The van der Waals surface area contributed by atoms with Crippen molar-refractivity contribution in [1.82, 2.24) is 14.6 Å². The lowest BCUT2D eigenvalue weighted by Crippen LogP contribution is -2.51. The van der Waals surface area contributed by atoms with Crippen LogP contribution in [0.1, 0.15) is 18.4 Å². The van der Waals surface area contributed by atoms with Gasteiger partial charge in [-0.3, -0.25) is 9.88 Å². The Bertz CT molecular complexity index is 833. The SMILES string of the molecule is O=S1(=O)N[C@H](C2CCN(Cc3ccncc3)CC2)Nc2ccccc21. The summed E-state index contributed by atoms with van der Waals surface area (Å²) in [6.07, 6.45) is 5.34. The van der Waals surface area contributed by atoms with E-state index in [1.807, 2.05) is 36.7 Å². The van der Waals surface area contributed by atoms with E-state index < -0.39 is 10.0 Å². The Morgan fingerprint density at radius 1 is 1.08 bits per heavy atom. The number of sulfonamides is 1. The predicted octanol–water partition coefficient (Wildman–Crippen LogP) is 2.02. The van der Waals surface area contributed by atoms with Gasteiger partial charge in [-0.2, -0.15) is 4.72 Å². The highest BCUT2D eigenvalue weighted by Crippen LogP contribution is 2.30. The van der Waals surface area contributed by atoms with E-state index in [4.69, 9.17) is 0 Å². The Labute approximate surface area is 148 Å². The molecule has 6 nitrogen and oxygen atoms in total. The first-order valence-electron chi connectivity index (χ1n) is 8.61. The maximum absolute atomic E-state index is 12.5. The summed E-state index contributed by atoms with van der Waals surface area (Å²) in [5.74, 6) is 0.289. The van der Waals surface area contributed by atoms with Crippen LogP contribution in [0.2, 0.25) is 0 Å². The predicted molar refractivity (Wildman–Crippen MR) is 96.4 cm³/mol. The number of para-hydroxylation sites is 1. The molecule has 25 heavy (non-hydrogen) atoms. The molecule has 1 saturated heterocycles. The molecule has 132 valence electrons. The number of nitrogens with zero attached hydrogens (tertiary/aromatic N) is 2. The van der Waals surface area contributed by atoms with E-state index in [9.17, 15) is 8.42 Å². The summed E-state index contributed by atoms with van der Waals surface area (Å²) >= 11 is 0. The van der Waals surface area contributed by atoms with Crippen molar-refractivity contribution >= 4 is 15.7 Å². The van der Waals surface area contributed by atoms with Gasteiger partial charge in [-0.05, 0) is 61.7 Å². The third kappa shape index (κ3) is 3.53. The van der Waals surface area contributed by atoms with Crippen molar-refractivity contribution in [3.8, 4) is 0 Å². The number of rotatable bonds is 3. The van der Waals surface area contributed by atoms with Crippen LogP contribution >= 0.6 is 0 Å². The molecular weight excluding hydrogens is 336 g/mol. The summed E-state index contributed by atoms with van der Waals surface area (Å²) in [5.41, 5.74) is 1.96. The van der Waals surface area contributed by atoms with Crippen LogP contribution in [0, 0.1) is 5.92 Å². The number of nitrogens with one attached hydrogen (secondary N) is 2. The third-order valence-electron chi connectivity index (χ3n) is 5.03. The standard InChI is InChI=1S/C18H22N4O2S/c23-25(24)17-4-2-1-3-16(17)20-18(21-25)15-7-11-22(12-8-15)13-14-5-9-19-10-6-14/h1-6,9-10,15,18,20-21H,7-8,11-13H2/t18-/m1/s1. The van der Waals surface area contributed by atoms with Gasteiger partial charge in [-0.1, -0.05) is 12.1 Å². The molecule has 1 aromatic heterocycles. The van der Waals surface area contributed by atoms with Crippen LogP contribution < -0.4 is 10.0 Å². The lowest BCUT2D eigenvalue weighted by atomic mass is 9.93. The van der Waals surface area contributed by atoms with Crippen LogP contribution in [0.25, 0.3) is 0 Å². The average Bonchev–Trinajstić information content (AvgIpc) is 2.63. The zero-order valence-corrected chi connectivity index (χ0v) is 14.7. The van der Waals surface area contributed by atoms with Gasteiger partial charge >= 0.3 is 0 Å². The molecule has 0 radical (unpaired) electrons. The third-order valence-corrected chi connectivity index (χ3v) is 6.53. The molecule has 2 N–H and O–H groups in total. The Balaban J connectivity index is 1.40. The number of aromatic nitrogens is 1. The van der Waals surface area contributed by atoms with Gasteiger partial charge in [0, 0.05) is 18.9 Å². The molecule has 7 heteroatoms. The molecule has 0 amide bonds. The zero-order chi connectivity index (χ0) is 17.3. The Kier molecular flexibility index (Phi) is 4.45. The summed E-state index contributed by atoms with van der Waals surface area (Å²) < 4.78 is 27.7. The van der Waals surface area contributed by atoms with Crippen molar-refractivity contribution in [2.45, 2.75) is 30.4 Å². The fraction of sp³-hybridized carbons (Fsp3) is 0.389. The van der Waals surface area contributed by atoms with Crippen molar-refractivity contribution in [1.29, 1.82) is 0 Å². The zero-order valence-electron chi connectivity index (χ0n) is 13.9. The van der Waals surface area contributed by atoms with Gasteiger partial charge in [-0.25, -0.2) is 8.42 Å². The van der Waals surface area contributed by atoms with Gasteiger partial charge in [0.1, 0.15) is 4.90 Å². The van der Waals surface area contributed by atoms with Gasteiger partial charge in [0.2, 0.25) is 10.0 Å². The molecule has 0 spiro atoms. The second kappa shape index (κ2) is 6.74. The number of fused-ring (bicyclic) bond motifs is 1. The summed E-state index contributed by atoms with van der Waals surface area (Å²) in [7, 11) is -3.44. The van der Waals surface area contributed by atoms with Gasteiger partial charge in [0.25, 0.3) is 0 Å². The van der Waals surface area contributed by atoms with E-state index in [1.165, 1.54) is 5.56 Å². The van der Waals surface area contributed by atoms with Crippen LogP contribution in [0.5, 0.6) is 0 Å². The molecule has 0 aliphatic carbocycles. The maximum Gasteiger partial charge on any atom is 0.244 e. The second-order valence-electron chi connectivity index (χ2n) is 6.71. The van der Waals surface area contributed by atoms with Gasteiger partial charge < -0.3 is 5.32 Å². The van der Waals surface area contributed by atoms with Crippen LogP contribution in [0.4, 0.5) is 5.69 Å². The van der Waals surface area contributed by atoms with Crippen LogP contribution in [-0.2, 0) is 16.6 Å². The van der Waals surface area contributed by atoms with Crippen LogP contribution in [-0.4, -0.2) is 37.6 Å². The number of likely N-dealkylation sites (tertiary alicyclic amines) is 1. The summed E-state index contributed by atoms with van der Waals surface area (Å²) in [5, 5.41) is 3.37. The number of pyridine rings is 1. The molecule has 0 unspecified atom stereocenters. The second-order valence-corrected chi connectivity index (χ2v) is 8.39. The van der Waals surface area contributed by atoms with Crippen LogP contribution in [0.15, 0.2) is 53.7 Å². The van der Waals surface area contributed by atoms with E-state index in [-0.39, 0.29) is 12.1 Å². The van der Waals surface area contributed by atoms with E-state index in [0.717, 1.165) is 32.5 Å². The number of hydrogen-bond acceptors (Lipinski definition) is 5. The molecule has 2 aromatic rings. The highest BCUT2D eigenvalue weighted by Gasteiger charge is 2.34. The molecule has 1 atom stereocenters. The van der Waals surface area contributed by atoms with E-state index >= 15 is 0 Å². The van der Waals surface area contributed by atoms with Crippen molar-refractivity contribution in [2.75, 3.05) is 18.4 Å². The highest BCUT2D eigenvalue weighted by atomic mass is 32.2.